The molecule has 2 aliphatic rings. The van der Waals surface area contributed by atoms with Crippen LogP contribution in [-0.2, 0) is 0 Å². The van der Waals surface area contributed by atoms with E-state index in [1.54, 1.807) is 18.2 Å². The highest BCUT2D eigenvalue weighted by Crippen LogP contribution is 2.32. The highest BCUT2D eigenvalue weighted by Gasteiger charge is 2.24. The van der Waals surface area contributed by atoms with E-state index in [9.17, 15) is 4.79 Å². The molecule has 1 heterocycles. The van der Waals surface area contributed by atoms with Crippen LogP contribution in [0, 0.1) is 5.92 Å². The lowest BCUT2D eigenvalue weighted by atomic mass is 9.86. The van der Waals surface area contributed by atoms with Crippen LogP contribution in [0.15, 0.2) is 18.2 Å². The normalized spacial score (nSPS) is 25.1. The van der Waals surface area contributed by atoms with Crippen molar-refractivity contribution in [3.05, 3.63) is 23.8 Å². The van der Waals surface area contributed by atoms with Crippen molar-refractivity contribution in [1.29, 1.82) is 0 Å². The molecule has 4 heteroatoms. The molecule has 1 fully saturated rings. The van der Waals surface area contributed by atoms with E-state index >= 15 is 0 Å². The first kappa shape index (κ1) is 12.3. The first-order valence-corrected chi connectivity index (χ1v) is 6.94. The Morgan fingerprint density at radius 3 is 2.84 bits per heavy atom. The van der Waals surface area contributed by atoms with E-state index in [0.29, 0.717) is 29.0 Å². The first-order valence-electron chi connectivity index (χ1n) is 6.94. The highest BCUT2D eigenvalue weighted by atomic mass is 16.7. The Hall–Kier alpha value is -1.71. The molecule has 102 valence electrons. The van der Waals surface area contributed by atoms with Crippen LogP contribution in [0.25, 0.3) is 0 Å². The number of rotatable bonds is 2. The molecule has 1 N–H and O–H groups in total. The zero-order valence-corrected chi connectivity index (χ0v) is 11.1. The van der Waals surface area contributed by atoms with Gasteiger partial charge in [-0.2, -0.15) is 0 Å². The number of carbonyl (C=O) groups excluding carboxylic acids is 1. The Labute approximate surface area is 113 Å². The third kappa shape index (κ3) is 2.53. The largest absolute Gasteiger partial charge is 0.454 e. The molecule has 1 saturated carbocycles. The molecule has 2 atom stereocenters. The second-order valence-electron chi connectivity index (χ2n) is 5.41. The zero-order valence-electron chi connectivity index (χ0n) is 11.1. The summed E-state index contributed by atoms with van der Waals surface area (Å²) in [5.74, 6) is 1.91. The van der Waals surface area contributed by atoms with Gasteiger partial charge in [0.2, 0.25) is 6.79 Å². The Morgan fingerprint density at radius 2 is 2.00 bits per heavy atom. The smallest absolute Gasteiger partial charge is 0.251 e. The number of nitrogens with one attached hydrogen (secondary N) is 1. The van der Waals surface area contributed by atoms with Crippen LogP contribution in [-0.4, -0.2) is 18.7 Å². The Balaban J connectivity index is 1.70. The molecule has 4 nitrogen and oxygen atoms in total. The van der Waals surface area contributed by atoms with Crippen molar-refractivity contribution < 1.29 is 14.3 Å². The molecule has 0 bridgehead atoms. The molecule has 1 aromatic rings. The fourth-order valence-electron chi connectivity index (χ4n) is 2.82. The highest BCUT2D eigenvalue weighted by molar-refractivity contribution is 5.95. The van der Waals surface area contributed by atoms with Gasteiger partial charge < -0.3 is 14.8 Å². The van der Waals surface area contributed by atoms with E-state index in [4.69, 9.17) is 9.47 Å². The van der Waals surface area contributed by atoms with Crippen LogP contribution in [0.4, 0.5) is 0 Å². The summed E-state index contributed by atoms with van der Waals surface area (Å²) < 4.78 is 10.5. The minimum absolute atomic E-state index is 0.0166. The molecule has 19 heavy (non-hydrogen) atoms. The molecule has 1 aliphatic carbocycles. The summed E-state index contributed by atoms with van der Waals surface area (Å²) >= 11 is 0. The molecule has 0 radical (unpaired) electrons. The molecule has 1 aromatic carbocycles. The maximum absolute atomic E-state index is 12.3. The molecule has 0 aromatic heterocycles. The van der Waals surface area contributed by atoms with Gasteiger partial charge in [0.05, 0.1) is 0 Å². The second-order valence-corrected chi connectivity index (χ2v) is 5.41. The standard InChI is InChI=1S/C15H19NO3/c1-10-4-2-3-5-12(10)16-15(17)11-6-7-13-14(8-11)19-9-18-13/h6-8,10,12H,2-5,9H2,1H3,(H,16,17)/t10-,12-/m0/s1. The van der Waals surface area contributed by atoms with Crippen molar-refractivity contribution >= 4 is 5.91 Å². The van der Waals surface area contributed by atoms with Crippen molar-refractivity contribution in [3.8, 4) is 11.5 Å². The van der Waals surface area contributed by atoms with Crippen LogP contribution >= 0.6 is 0 Å². The topological polar surface area (TPSA) is 47.6 Å². The van der Waals surface area contributed by atoms with Crippen LogP contribution in [0.5, 0.6) is 11.5 Å². The van der Waals surface area contributed by atoms with E-state index in [-0.39, 0.29) is 12.7 Å². The van der Waals surface area contributed by atoms with Gasteiger partial charge in [0.25, 0.3) is 5.91 Å². The van der Waals surface area contributed by atoms with Crippen molar-refractivity contribution in [2.45, 2.75) is 38.6 Å². The summed E-state index contributed by atoms with van der Waals surface area (Å²) in [5, 5.41) is 3.14. The van der Waals surface area contributed by atoms with E-state index in [1.807, 2.05) is 0 Å². The van der Waals surface area contributed by atoms with Crippen molar-refractivity contribution in [1.82, 2.24) is 5.32 Å². The molecule has 0 unspecified atom stereocenters. The summed E-state index contributed by atoms with van der Waals surface area (Å²) in [6, 6.07) is 5.63. The lowest BCUT2D eigenvalue weighted by Gasteiger charge is -2.29. The summed E-state index contributed by atoms with van der Waals surface area (Å²) in [6.45, 7) is 2.45. The summed E-state index contributed by atoms with van der Waals surface area (Å²) in [7, 11) is 0. The quantitative estimate of drug-likeness (QED) is 0.890. The number of benzene rings is 1. The minimum atomic E-state index is -0.0166. The molecule has 0 spiro atoms. The molecule has 0 saturated heterocycles. The third-order valence-electron chi connectivity index (χ3n) is 4.06. The Morgan fingerprint density at radius 1 is 1.21 bits per heavy atom. The Kier molecular flexibility index (Phi) is 3.32. The number of ether oxygens (including phenoxy) is 2. The van der Waals surface area contributed by atoms with Gasteiger partial charge in [0.1, 0.15) is 0 Å². The SMILES string of the molecule is C[C@H]1CCCC[C@@H]1NC(=O)c1ccc2c(c1)OCO2. The van der Waals surface area contributed by atoms with Crippen LogP contribution in [0.1, 0.15) is 43.0 Å². The monoisotopic (exact) mass is 261 g/mol. The average molecular weight is 261 g/mol. The fourth-order valence-corrected chi connectivity index (χ4v) is 2.82. The maximum Gasteiger partial charge on any atom is 0.251 e. The number of carbonyl (C=O) groups is 1. The average Bonchev–Trinajstić information content (AvgIpc) is 2.88. The van der Waals surface area contributed by atoms with Gasteiger partial charge in [-0.1, -0.05) is 19.8 Å². The molecule has 1 aliphatic heterocycles. The van der Waals surface area contributed by atoms with Crippen molar-refractivity contribution in [2.24, 2.45) is 5.92 Å². The predicted molar refractivity (Wildman–Crippen MR) is 71.5 cm³/mol. The first-order chi connectivity index (χ1) is 9.24. The minimum Gasteiger partial charge on any atom is -0.454 e. The number of hydrogen-bond acceptors (Lipinski definition) is 3. The van der Waals surface area contributed by atoms with Gasteiger partial charge in [0.15, 0.2) is 11.5 Å². The van der Waals surface area contributed by atoms with Gasteiger partial charge in [-0.3, -0.25) is 4.79 Å². The van der Waals surface area contributed by atoms with Crippen LogP contribution in [0.3, 0.4) is 0 Å². The van der Waals surface area contributed by atoms with Gasteiger partial charge in [-0.25, -0.2) is 0 Å². The Bertz CT molecular complexity index is 486. The van der Waals surface area contributed by atoms with E-state index in [1.165, 1.54) is 19.3 Å². The van der Waals surface area contributed by atoms with Gasteiger partial charge >= 0.3 is 0 Å². The maximum atomic E-state index is 12.3. The van der Waals surface area contributed by atoms with E-state index in [2.05, 4.69) is 12.2 Å². The predicted octanol–water partition coefficient (Wildman–Crippen LogP) is 2.72. The van der Waals surface area contributed by atoms with E-state index < -0.39 is 0 Å². The van der Waals surface area contributed by atoms with Crippen molar-refractivity contribution in [3.63, 3.8) is 0 Å². The van der Waals surface area contributed by atoms with Gasteiger partial charge in [0, 0.05) is 11.6 Å². The number of amides is 1. The molecular weight excluding hydrogens is 242 g/mol. The van der Waals surface area contributed by atoms with Crippen LogP contribution < -0.4 is 14.8 Å². The van der Waals surface area contributed by atoms with Gasteiger partial charge in [-0.15, -0.1) is 0 Å². The fraction of sp³-hybridized carbons (Fsp3) is 0.533. The van der Waals surface area contributed by atoms with Crippen LogP contribution in [0.2, 0.25) is 0 Å². The molecule has 1 amide bonds. The zero-order chi connectivity index (χ0) is 13.2. The van der Waals surface area contributed by atoms with Crippen molar-refractivity contribution in [2.75, 3.05) is 6.79 Å². The number of fused-ring (bicyclic) bond motifs is 1. The van der Waals surface area contributed by atoms with Gasteiger partial charge in [-0.05, 0) is 37.0 Å². The second kappa shape index (κ2) is 5.11. The summed E-state index contributed by atoms with van der Waals surface area (Å²) in [5.41, 5.74) is 0.641. The molecule has 3 rings (SSSR count). The molecular formula is C15H19NO3. The summed E-state index contributed by atoms with van der Waals surface area (Å²) in [6.07, 6.45) is 4.76. The third-order valence-corrected chi connectivity index (χ3v) is 4.06. The summed E-state index contributed by atoms with van der Waals surface area (Å²) in [4.78, 5) is 12.3. The lowest BCUT2D eigenvalue weighted by Crippen LogP contribution is -2.41. The van der Waals surface area contributed by atoms with E-state index in [0.717, 1.165) is 6.42 Å². The lowest BCUT2D eigenvalue weighted by molar-refractivity contribution is 0.0910. The number of hydrogen-bond donors (Lipinski definition) is 1.